The Morgan fingerprint density at radius 3 is 2.56 bits per heavy atom. The largest absolute Gasteiger partial charge is 0.494 e. The molecule has 3 aromatic rings. The molecule has 0 aliphatic carbocycles. The van der Waals surface area contributed by atoms with E-state index in [9.17, 15) is 9.59 Å². The summed E-state index contributed by atoms with van der Waals surface area (Å²) in [5, 5.41) is 4.28. The van der Waals surface area contributed by atoms with Crippen molar-refractivity contribution in [3.63, 3.8) is 0 Å². The van der Waals surface area contributed by atoms with Gasteiger partial charge in [-0.25, -0.2) is 9.78 Å². The lowest BCUT2D eigenvalue weighted by Crippen LogP contribution is -2.31. The number of H-pyrrole nitrogens is 1. The number of thioether (sulfide) groups is 1. The van der Waals surface area contributed by atoms with Gasteiger partial charge in [-0.05, 0) is 57.0 Å². The van der Waals surface area contributed by atoms with Crippen molar-refractivity contribution < 1.29 is 14.3 Å². The van der Waals surface area contributed by atoms with Crippen LogP contribution in [0.15, 0.2) is 69.8 Å². The number of aromatic nitrogens is 2. The average molecular weight is 526 g/mol. The molecule has 0 saturated carbocycles. The minimum absolute atomic E-state index is 0.305. The first kappa shape index (κ1) is 25.9. The van der Waals surface area contributed by atoms with Crippen LogP contribution in [0.1, 0.15) is 50.3 Å². The highest BCUT2D eigenvalue weighted by atomic mass is 35.5. The first-order valence-corrected chi connectivity index (χ1v) is 13.1. The van der Waals surface area contributed by atoms with Crippen molar-refractivity contribution in [1.29, 1.82) is 0 Å². The van der Waals surface area contributed by atoms with Crippen LogP contribution in [-0.4, -0.2) is 28.6 Å². The number of carbonyl (C=O) groups excluding carboxylic acids is 1. The first-order valence-electron chi connectivity index (χ1n) is 11.7. The molecule has 2 N–H and O–H groups in total. The number of nitrogens with one attached hydrogen (secondary N) is 2. The van der Waals surface area contributed by atoms with E-state index in [4.69, 9.17) is 21.1 Å². The molecular formula is C27H28ClN3O4S. The highest BCUT2D eigenvalue weighted by Gasteiger charge is 2.36. The Morgan fingerprint density at radius 2 is 1.89 bits per heavy atom. The Kier molecular flexibility index (Phi) is 8.06. The fourth-order valence-corrected chi connectivity index (χ4v) is 5.21. The summed E-state index contributed by atoms with van der Waals surface area (Å²) < 4.78 is 11.1. The van der Waals surface area contributed by atoms with Crippen LogP contribution in [0.2, 0.25) is 5.02 Å². The van der Waals surface area contributed by atoms with Crippen LogP contribution in [0.5, 0.6) is 5.75 Å². The van der Waals surface area contributed by atoms with Crippen molar-refractivity contribution in [2.45, 2.75) is 50.6 Å². The van der Waals surface area contributed by atoms with Crippen molar-refractivity contribution >= 4 is 35.1 Å². The van der Waals surface area contributed by atoms with Gasteiger partial charge in [0, 0.05) is 16.5 Å². The number of ether oxygens (including phenoxy) is 2. The third-order valence-corrected chi connectivity index (χ3v) is 6.92. The van der Waals surface area contributed by atoms with E-state index in [2.05, 4.69) is 15.3 Å². The Balaban J connectivity index is 1.75. The maximum atomic E-state index is 13.4. The van der Waals surface area contributed by atoms with Gasteiger partial charge in [0.15, 0.2) is 5.16 Å². The van der Waals surface area contributed by atoms with E-state index in [1.165, 1.54) is 11.8 Å². The monoisotopic (exact) mass is 525 g/mol. The zero-order valence-electron chi connectivity index (χ0n) is 20.6. The van der Waals surface area contributed by atoms with E-state index in [1.54, 1.807) is 20.8 Å². The molecule has 4 rings (SSSR count). The summed E-state index contributed by atoms with van der Waals surface area (Å²) in [6.07, 6.45) is -0.305. The van der Waals surface area contributed by atoms with Crippen LogP contribution in [0.25, 0.3) is 0 Å². The predicted molar refractivity (Wildman–Crippen MR) is 143 cm³/mol. The summed E-state index contributed by atoms with van der Waals surface area (Å²) in [5.74, 6) is 0.543. The number of anilines is 1. The van der Waals surface area contributed by atoms with Gasteiger partial charge >= 0.3 is 5.97 Å². The topological polar surface area (TPSA) is 93.3 Å². The molecule has 1 aromatic heterocycles. The molecule has 0 saturated heterocycles. The van der Waals surface area contributed by atoms with Gasteiger partial charge < -0.3 is 19.8 Å². The first-order chi connectivity index (χ1) is 17.3. The third-order valence-electron chi connectivity index (χ3n) is 5.63. The van der Waals surface area contributed by atoms with Crippen molar-refractivity contribution in [2.24, 2.45) is 0 Å². The van der Waals surface area contributed by atoms with E-state index < -0.39 is 11.9 Å². The van der Waals surface area contributed by atoms with Crippen molar-refractivity contribution in [2.75, 3.05) is 11.9 Å². The van der Waals surface area contributed by atoms with Crippen LogP contribution >= 0.6 is 23.4 Å². The number of hydrogen-bond acceptors (Lipinski definition) is 7. The molecule has 2 heterocycles. The molecule has 7 nitrogen and oxygen atoms in total. The number of esters is 1. The van der Waals surface area contributed by atoms with Crippen molar-refractivity contribution in [3.8, 4) is 5.75 Å². The van der Waals surface area contributed by atoms with Gasteiger partial charge in [-0.3, -0.25) is 4.79 Å². The number of allylic oxidation sites excluding steroid dienone is 1. The van der Waals surface area contributed by atoms with Gasteiger partial charge in [-0.15, -0.1) is 0 Å². The second-order valence-corrected chi connectivity index (χ2v) is 9.94. The lowest BCUT2D eigenvalue weighted by Gasteiger charge is -2.29. The van der Waals surface area contributed by atoms with Crippen molar-refractivity contribution in [3.05, 3.63) is 91.9 Å². The smallest absolute Gasteiger partial charge is 0.337 e. The maximum absolute atomic E-state index is 13.4. The molecule has 0 bridgehead atoms. The number of hydrogen-bond donors (Lipinski definition) is 2. The molecule has 1 aliphatic heterocycles. The quantitative estimate of drug-likeness (QED) is 0.215. The van der Waals surface area contributed by atoms with E-state index in [0.29, 0.717) is 50.9 Å². The molecule has 1 aliphatic rings. The summed E-state index contributed by atoms with van der Waals surface area (Å²) in [7, 11) is 0. The third kappa shape index (κ3) is 5.60. The van der Waals surface area contributed by atoms with Crippen LogP contribution in [0.4, 0.5) is 5.82 Å². The molecule has 1 unspecified atom stereocenters. The maximum Gasteiger partial charge on any atom is 0.337 e. The standard InChI is InChI=1S/C27H28ClN3O4S/c1-5-34-19-12-10-17(11-13-19)22-21(26(33)35-15(2)3)16(4)29-24-23(22)25(32)31-27(30-24)36-14-18-8-6-7-9-20(18)28/h6-13,15,22H,5,14H2,1-4H3,(H2,29,30,31,32). The van der Waals surface area contributed by atoms with Crippen LogP contribution < -0.4 is 15.6 Å². The second-order valence-electron chi connectivity index (χ2n) is 8.57. The van der Waals surface area contributed by atoms with Crippen LogP contribution in [-0.2, 0) is 15.3 Å². The van der Waals surface area contributed by atoms with Gasteiger partial charge in [0.05, 0.1) is 29.8 Å². The van der Waals surface area contributed by atoms with Gasteiger partial charge in [0.1, 0.15) is 11.6 Å². The molecule has 0 radical (unpaired) electrons. The number of fused-ring (bicyclic) bond motifs is 1. The molecule has 1 atom stereocenters. The molecule has 2 aromatic carbocycles. The number of nitrogens with zero attached hydrogens (tertiary/aromatic N) is 1. The molecule has 0 amide bonds. The Morgan fingerprint density at radius 1 is 1.17 bits per heavy atom. The molecule has 0 spiro atoms. The van der Waals surface area contributed by atoms with E-state index >= 15 is 0 Å². The van der Waals surface area contributed by atoms with Gasteiger partial charge in [0.2, 0.25) is 0 Å². The van der Waals surface area contributed by atoms with E-state index in [0.717, 1.165) is 11.1 Å². The van der Waals surface area contributed by atoms with Gasteiger partial charge in [-0.2, -0.15) is 0 Å². The normalized spacial score (nSPS) is 14.9. The summed E-state index contributed by atoms with van der Waals surface area (Å²) in [5.41, 5.74) is 2.72. The van der Waals surface area contributed by atoms with Crippen LogP contribution in [0.3, 0.4) is 0 Å². The fraction of sp³-hybridized carbons (Fsp3) is 0.296. The fourth-order valence-electron chi connectivity index (χ4n) is 4.07. The van der Waals surface area contributed by atoms with E-state index in [1.807, 2.05) is 55.5 Å². The molecule has 0 fully saturated rings. The lowest BCUT2D eigenvalue weighted by atomic mass is 9.82. The number of benzene rings is 2. The summed E-state index contributed by atoms with van der Waals surface area (Å²) >= 11 is 7.66. The summed E-state index contributed by atoms with van der Waals surface area (Å²) in [4.78, 5) is 34.2. The number of aromatic amines is 1. The van der Waals surface area contributed by atoms with Gasteiger partial charge in [-0.1, -0.05) is 53.7 Å². The van der Waals surface area contributed by atoms with E-state index in [-0.39, 0.29) is 11.7 Å². The molecule has 9 heteroatoms. The number of halogens is 1. The lowest BCUT2D eigenvalue weighted by molar-refractivity contribution is -0.143. The summed E-state index contributed by atoms with van der Waals surface area (Å²) in [6, 6.07) is 14.9. The SMILES string of the molecule is CCOc1ccc(C2C(C(=O)OC(C)C)=C(C)Nc3nc(SCc4ccccc4Cl)[nH]c(=O)c32)cc1. The minimum atomic E-state index is -0.651. The average Bonchev–Trinajstić information content (AvgIpc) is 2.83. The predicted octanol–water partition coefficient (Wildman–Crippen LogP) is 5.90. The number of rotatable bonds is 8. The van der Waals surface area contributed by atoms with Crippen molar-refractivity contribution in [1.82, 2.24) is 9.97 Å². The van der Waals surface area contributed by atoms with Gasteiger partial charge in [0.25, 0.3) is 5.56 Å². The minimum Gasteiger partial charge on any atom is -0.494 e. The molecule has 36 heavy (non-hydrogen) atoms. The number of carbonyl (C=O) groups is 1. The highest BCUT2D eigenvalue weighted by molar-refractivity contribution is 7.98. The highest BCUT2D eigenvalue weighted by Crippen LogP contribution is 2.41. The Hall–Kier alpha value is -3.23. The zero-order valence-corrected chi connectivity index (χ0v) is 22.1. The summed E-state index contributed by atoms with van der Waals surface area (Å²) in [6.45, 7) is 7.83. The zero-order chi connectivity index (χ0) is 25.8. The van der Waals surface area contributed by atoms with Crippen LogP contribution in [0, 0.1) is 0 Å². The Labute approximate surface area is 219 Å². The molecular weight excluding hydrogens is 498 g/mol. The molecule has 188 valence electrons. The Bertz CT molecular complexity index is 1350. The second kappa shape index (κ2) is 11.2.